The number of rotatable bonds is 9. The predicted octanol–water partition coefficient (Wildman–Crippen LogP) is 3.36. The summed E-state index contributed by atoms with van der Waals surface area (Å²) in [5.74, 6) is 0.878. The molecule has 1 saturated heterocycles. The Kier molecular flexibility index (Phi) is 9.16. The van der Waals surface area contributed by atoms with Gasteiger partial charge in [-0.15, -0.1) is 0 Å². The summed E-state index contributed by atoms with van der Waals surface area (Å²) in [6.07, 6.45) is 11.7. The van der Waals surface area contributed by atoms with E-state index in [9.17, 15) is 0 Å². The van der Waals surface area contributed by atoms with Gasteiger partial charge in [-0.2, -0.15) is 11.8 Å². The second kappa shape index (κ2) is 10.1. The molecule has 2 N–H and O–H groups in total. The molecule has 0 saturated carbocycles. The Morgan fingerprint density at radius 3 is 2.50 bits per heavy atom. The molecule has 1 atom stereocenters. The molecule has 1 aliphatic heterocycles. The Bertz CT molecular complexity index is 185. The molecule has 2 nitrogen and oxygen atoms in total. The van der Waals surface area contributed by atoms with Gasteiger partial charge in [0.1, 0.15) is 0 Å². The van der Waals surface area contributed by atoms with E-state index in [-0.39, 0.29) is 0 Å². The van der Waals surface area contributed by atoms with Gasteiger partial charge in [-0.3, -0.25) is 0 Å². The summed E-state index contributed by atoms with van der Waals surface area (Å²) in [6, 6.07) is 0. The minimum Gasteiger partial charge on any atom is -0.330 e. The summed E-state index contributed by atoms with van der Waals surface area (Å²) in [5.41, 5.74) is 5.69. The van der Waals surface area contributed by atoms with Crippen LogP contribution in [0.3, 0.4) is 0 Å². The minimum atomic E-state index is 0.865. The van der Waals surface area contributed by atoms with Crippen molar-refractivity contribution in [1.29, 1.82) is 0 Å². The maximum Gasteiger partial charge on any atom is 0.00685 e. The number of piperidine rings is 1. The molecule has 0 aromatic carbocycles. The Balaban J connectivity index is 2.09. The summed E-state index contributed by atoms with van der Waals surface area (Å²) in [7, 11) is 0. The third-order valence-corrected chi connectivity index (χ3v) is 5.36. The van der Waals surface area contributed by atoms with E-state index in [4.69, 9.17) is 5.73 Å². The van der Waals surface area contributed by atoms with Crippen LogP contribution in [0.5, 0.6) is 0 Å². The van der Waals surface area contributed by atoms with Crippen LogP contribution in [-0.4, -0.2) is 42.6 Å². The summed E-state index contributed by atoms with van der Waals surface area (Å²) in [6.45, 7) is 7.11. The van der Waals surface area contributed by atoms with E-state index in [1.807, 2.05) is 11.8 Å². The van der Waals surface area contributed by atoms with Crippen LogP contribution in [0, 0.1) is 5.92 Å². The molecule has 18 heavy (non-hydrogen) atoms. The fourth-order valence-corrected chi connectivity index (χ4v) is 3.73. The zero-order chi connectivity index (χ0) is 13.2. The topological polar surface area (TPSA) is 29.3 Å². The molecule has 0 spiro atoms. The monoisotopic (exact) mass is 272 g/mol. The van der Waals surface area contributed by atoms with Crippen molar-refractivity contribution in [2.45, 2.75) is 57.1 Å². The summed E-state index contributed by atoms with van der Waals surface area (Å²) in [5, 5.41) is 0.923. The van der Waals surface area contributed by atoms with Crippen molar-refractivity contribution in [3.05, 3.63) is 0 Å². The van der Waals surface area contributed by atoms with Crippen molar-refractivity contribution < 1.29 is 0 Å². The molecule has 1 aliphatic rings. The lowest BCUT2D eigenvalue weighted by Gasteiger charge is -2.31. The van der Waals surface area contributed by atoms with Gasteiger partial charge < -0.3 is 10.6 Å². The van der Waals surface area contributed by atoms with Crippen molar-refractivity contribution in [3.63, 3.8) is 0 Å². The number of hydrogen-bond donors (Lipinski definition) is 1. The van der Waals surface area contributed by atoms with Crippen molar-refractivity contribution in [1.82, 2.24) is 4.90 Å². The maximum absolute atomic E-state index is 5.69. The molecule has 108 valence electrons. The molecule has 0 amide bonds. The molecular formula is C15H32N2S. The first-order valence-electron chi connectivity index (χ1n) is 7.75. The van der Waals surface area contributed by atoms with E-state index in [2.05, 4.69) is 18.1 Å². The van der Waals surface area contributed by atoms with Crippen molar-refractivity contribution >= 4 is 11.8 Å². The average molecular weight is 273 g/mol. The highest BCUT2D eigenvalue weighted by Gasteiger charge is 2.18. The first-order chi connectivity index (χ1) is 8.80. The van der Waals surface area contributed by atoms with Crippen molar-refractivity contribution in [2.75, 3.05) is 32.4 Å². The van der Waals surface area contributed by atoms with E-state index in [1.54, 1.807) is 0 Å². The molecule has 0 aromatic heterocycles. The number of nitrogens with two attached hydrogens (primary N) is 1. The predicted molar refractivity (Wildman–Crippen MR) is 84.3 cm³/mol. The molecular weight excluding hydrogens is 240 g/mol. The van der Waals surface area contributed by atoms with Gasteiger partial charge in [0, 0.05) is 5.25 Å². The van der Waals surface area contributed by atoms with Crippen molar-refractivity contribution in [2.24, 2.45) is 11.7 Å². The van der Waals surface area contributed by atoms with Crippen molar-refractivity contribution in [3.8, 4) is 0 Å². The molecule has 1 rings (SSSR count). The molecule has 1 fully saturated rings. The molecule has 3 heteroatoms. The fraction of sp³-hybridized carbons (Fsp3) is 1.00. The van der Waals surface area contributed by atoms with Crippen LogP contribution < -0.4 is 5.73 Å². The second-order valence-corrected chi connectivity index (χ2v) is 6.79. The highest BCUT2D eigenvalue weighted by Crippen LogP contribution is 2.22. The summed E-state index contributed by atoms with van der Waals surface area (Å²) >= 11 is 2.05. The number of nitrogens with zero attached hydrogens (tertiary/aromatic N) is 1. The Morgan fingerprint density at radius 2 is 1.94 bits per heavy atom. The normalized spacial score (nSPS) is 20.2. The highest BCUT2D eigenvalue weighted by atomic mass is 32.2. The lowest BCUT2D eigenvalue weighted by Crippen LogP contribution is -2.35. The van der Waals surface area contributed by atoms with Gasteiger partial charge in [0.25, 0.3) is 0 Å². The van der Waals surface area contributed by atoms with Crippen LogP contribution in [0.2, 0.25) is 0 Å². The van der Waals surface area contributed by atoms with Gasteiger partial charge >= 0.3 is 0 Å². The van der Waals surface area contributed by atoms with Crippen LogP contribution in [0.25, 0.3) is 0 Å². The number of likely N-dealkylation sites (tertiary alicyclic amines) is 1. The first-order valence-corrected chi connectivity index (χ1v) is 9.04. The Morgan fingerprint density at radius 1 is 1.22 bits per heavy atom. The molecule has 0 radical (unpaired) electrons. The molecule has 1 heterocycles. The third kappa shape index (κ3) is 6.44. The number of thioether (sulfide) groups is 1. The van der Waals surface area contributed by atoms with E-state index in [1.165, 1.54) is 64.6 Å². The zero-order valence-corrected chi connectivity index (χ0v) is 13.2. The average Bonchev–Trinajstić information content (AvgIpc) is 2.40. The van der Waals surface area contributed by atoms with Gasteiger partial charge in [0.05, 0.1) is 0 Å². The molecule has 1 unspecified atom stereocenters. The SMILES string of the molecule is CCCC(CCN)CCCN1CCC(SC)CC1. The highest BCUT2D eigenvalue weighted by molar-refractivity contribution is 7.99. The lowest BCUT2D eigenvalue weighted by molar-refractivity contribution is 0.221. The van der Waals surface area contributed by atoms with Crippen LogP contribution in [0.4, 0.5) is 0 Å². The minimum absolute atomic E-state index is 0.865. The van der Waals surface area contributed by atoms with Gasteiger partial charge in [-0.25, -0.2) is 0 Å². The Labute approximate surface area is 118 Å². The second-order valence-electron chi connectivity index (χ2n) is 5.65. The van der Waals surface area contributed by atoms with Crippen LogP contribution in [0.15, 0.2) is 0 Å². The van der Waals surface area contributed by atoms with E-state index in [0.29, 0.717) is 0 Å². The maximum atomic E-state index is 5.69. The zero-order valence-electron chi connectivity index (χ0n) is 12.4. The summed E-state index contributed by atoms with van der Waals surface area (Å²) in [4.78, 5) is 2.66. The first kappa shape index (κ1) is 16.3. The van der Waals surface area contributed by atoms with Gasteiger partial charge in [-0.1, -0.05) is 19.8 Å². The van der Waals surface area contributed by atoms with E-state index in [0.717, 1.165) is 17.7 Å². The largest absolute Gasteiger partial charge is 0.330 e. The summed E-state index contributed by atoms with van der Waals surface area (Å²) < 4.78 is 0. The van der Waals surface area contributed by atoms with Gasteiger partial charge in [0.2, 0.25) is 0 Å². The standard InChI is InChI=1S/C15H32N2S/c1-3-5-14(7-10-16)6-4-11-17-12-8-15(18-2)9-13-17/h14-15H,3-13,16H2,1-2H3. The third-order valence-electron chi connectivity index (χ3n) is 4.23. The molecule has 0 bridgehead atoms. The Hall–Kier alpha value is 0.270. The molecule has 0 aliphatic carbocycles. The lowest BCUT2D eigenvalue weighted by atomic mass is 9.94. The molecule has 0 aromatic rings. The van der Waals surface area contributed by atoms with Gasteiger partial charge in [-0.05, 0) is 70.5 Å². The quantitative estimate of drug-likeness (QED) is 0.698. The van der Waals surface area contributed by atoms with E-state index >= 15 is 0 Å². The van der Waals surface area contributed by atoms with Crippen LogP contribution >= 0.6 is 11.8 Å². The number of hydrogen-bond acceptors (Lipinski definition) is 3. The van der Waals surface area contributed by atoms with Crippen LogP contribution in [-0.2, 0) is 0 Å². The fourth-order valence-electron chi connectivity index (χ4n) is 3.05. The van der Waals surface area contributed by atoms with E-state index < -0.39 is 0 Å². The smallest absolute Gasteiger partial charge is 0.00685 e. The van der Waals surface area contributed by atoms with Gasteiger partial charge in [0.15, 0.2) is 0 Å². The van der Waals surface area contributed by atoms with Crippen LogP contribution in [0.1, 0.15) is 51.9 Å².